The fraction of sp³-hybridized carbons (Fsp3) is 0.500. The highest BCUT2D eigenvalue weighted by molar-refractivity contribution is 9.11. The Labute approximate surface area is 85.8 Å². The largest absolute Gasteiger partial charge is 0.458 e. The summed E-state index contributed by atoms with van der Waals surface area (Å²) in [5.74, 6) is 0.00722. The van der Waals surface area contributed by atoms with Crippen LogP contribution < -0.4 is 0 Å². The third-order valence-corrected chi connectivity index (χ3v) is 3.07. The molecule has 3 heteroatoms. The molecule has 70 valence electrons. The van der Waals surface area contributed by atoms with Gasteiger partial charge in [-0.05, 0) is 24.2 Å². The molecule has 0 spiro atoms. The van der Waals surface area contributed by atoms with Gasteiger partial charge in [0.25, 0.3) is 0 Å². The average molecular weight is 243 g/mol. The van der Waals surface area contributed by atoms with Gasteiger partial charge in [-0.2, -0.15) is 0 Å². The summed E-state index contributed by atoms with van der Waals surface area (Å²) in [6.45, 7) is 0. The maximum absolute atomic E-state index is 11.3. The predicted octanol–water partition coefficient (Wildman–Crippen LogP) is 2.55. The van der Waals surface area contributed by atoms with Gasteiger partial charge in [-0.25, -0.2) is 4.79 Å². The number of carbonyl (C=O) groups excluding carboxylic acids is 1. The molecule has 1 fully saturated rings. The van der Waals surface area contributed by atoms with Crippen molar-refractivity contribution in [2.24, 2.45) is 5.92 Å². The zero-order valence-electron chi connectivity index (χ0n) is 7.20. The molecule has 1 aliphatic heterocycles. The van der Waals surface area contributed by atoms with E-state index in [2.05, 4.69) is 28.1 Å². The summed E-state index contributed by atoms with van der Waals surface area (Å²) in [4.78, 5) is 13.0. The Bertz CT molecular complexity index is 281. The summed E-state index contributed by atoms with van der Waals surface area (Å²) in [5, 5.41) is 0. The van der Waals surface area contributed by atoms with E-state index in [1.165, 1.54) is 0 Å². The molecule has 2 rings (SSSR count). The fourth-order valence-electron chi connectivity index (χ4n) is 1.88. The summed E-state index contributed by atoms with van der Waals surface area (Å²) < 4.78 is 5.26. The van der Waals surface area contributed by atoms with E-state index in [1.54, 1.807) is 4.99 Å². The molecule has 0 radical (unpaired) electrons. The molecule has 2 aliphatic rings. The lowest BCUT2D eigenvalue weighted by Crippen LogP contribution is -2.13. The number of rotatable bonds is 0. The molecular weight excluding hydrogens is 232 g/mol. The molecule has 0 aromatic carbocycles. The van der Waals surface area contributed by atoms with E-state index < -0.39 is 0 Å². The molecular formula is C10H11BrO2. The number of ether oxygens (including phenoxy) is 1. The lowest BCUT2D eigenvalue weighted by molar-refractivity contribution is -0.139. The summed E-state index contributed by atoms with van der Waals surface area (Å²) in [6, 6.07) is 0. The van der Waals surface area contributed by atoms with Gasteiger partial charge in [0.1, 0.15) is 6.10 Å². The van der Waals surface area contributed by atoms with Crippen molar-refractivity contribution in [2.75, 3.05) is 0 Å². The van der Waals surface area contributed by atoms with Crippen LogP contribution in [-0.2, 0) is 9.53 Å². The van der Waals surface area contributed by atoms with Crippen molar-refractivity contribution in [1.29, 1.82) is 0 Å². The Morgan fingerprint density at radius 3 is 3.23 bits per heavy atom. The Hall–Kier alpha value is -0.570. The van der Waals surface area contributed by atoms with Crippen LogP contribution in [0.2, 0.25) is 0 Å². The number of hydrogen-bond donors (Lipinski definition) is 0. The first-order chi connectivity index (χ1) is 6.33. The lowest BCUT2D eigenvalue weighted by atomic mass is 9.96. The van der Waals surface area contributed by atoms with Crippen molar-refractivity contribution in [3.05, 3.63) is 22.7 Å². The van der Waals surface area contributed by atoms with E-state index in [9.17, 15) is 4.79 Å². The van der Waals surface area contributed by atoms with E-state index in [4.69, 9.17) is 4.74 Å². The van der Waals surface area contributed by atoms with Gasteiger partial charge in [-0.1, -0.05) is 28.1 Å². The molecule has 0 bridgehead atoms. The van der Waals surface area contributed by atoms with Crippen molar-refractivity contribution in [1.82, 2.24) is 0 Å². The minimum atomic E-state index is -0.168. The number of esters is 1. The molecule has 1 aliphatic carbocycles. The quantitative estimate of drug-likeness (QED) is 0.371. The molecule has 0 N–H and O–H groups in total. The fourth-order valence-corrected chi connectivity index (χ4v) is 2.37. The van der Waals surface area contributed by atoms with E-state index >= 15 is 0 Å². The average Bonchev–Trinajstić information content (AvgIpc) is 2.32. The molecule has 0 saturated carbocycles. The highest BCUT2D eigenvalue weighted by atomic mass is 79.9. The lowest BCUT2D eigenvalue weighted by Gasteiger charge is -2.10. The smallest absolute Gasteiger partial charge is 0.335 e. The van der Waals surface area contributed by atoms with Crippen molar-refractivity contribution in [3.8, 4) is 0 Å². The highest BCUT2D eigenvalue weighted by Crippen LogP contribution is 2.34. The summed E-state index contributed by atoms with van der Waals surface area (Å²) >= 11 is 3.21. The monoisotopic (exact) mass is 242 g/mol. The number of fused-ring (bicyclic) bond motifs is 1. The SMILES string of the molecule is O=C1O[C@H]2CCCC=C[C@@H]2/C1=C/Br. The summed E-state index contributed by atoms with van der Waals surface area (Å²) in [5.41, 5.74) is 0.753. The Morgan fingerprint density at radius 1 is 1.62 bits per heavy atom. The van der Waals surface area contributed by atoms with Crippen LogP contribution in [0.4, 0.5) is 0 Å². The second-order valence-electron chi connectivity index (χ2n) is 3.39. The van der Waals surface area contributed by atoms with Crippen LogP contribution >= 0.6 is 15.9 Å². The molecule has 1 heterocycles. The molecule has 0 aromatic rings. The normalized spacial score (nSPS) is 35.8. The van der Waals surface area contributed by atoms with Gasteiger partial charge in [-0.3, -0.25) is 0 Å². The second-order valence-corrected chi connectivity index (χ2v) is 3.85. The minimum absolute atomic E-state index is 0.0787. The van der Waals surface area contributed by atoms with E-state index in [1.807, 2.05) is 0 Å². The minimum Gasteiger partial charge on any atom is -0.458 e. The van der Waals surface area contributed by atoms with Crippen molar-refractivity contribution >= 4 is 21.9 Å². The van der Waals surface area contributed by atoms with Crippen LogP contribution in [0.15, 0.2) is 22.7 Å². The van der Waals surface area contributed by atoms with Gasteiger partial charge in [0.2, 0.25) is 0 Å². The van der Waals surface area contributed by atoms with Crippen LogP contribution in [0, 0.1) is 5.92 Å². The summed E-state index contributed by atoms with van der Waals surface area (Å²) in [7, 11) is 0. The zero-order chi connectivity index (χ0) is 9.26. The van der Waals surface area contributed by atoms with Crippen LogP contribution in [-0.4, -0.2) is 12.1 Å². The predicted molar refractivity (Wildman–Crippen MR) is 53.4 cm³/mol. The third kappa shape index (κ3) is 1.57. The molecule has 0 aromatic heterocycles. The van der Waals surface area contributed by atoms with Gasteiger partial charge >= 0.3 is 5.97 Å². The molecule has 0 unspecified atom stereocenters. The van der Waals surface area contributed by atoms with Gasteiger partial charge in [0.05, 0.1) is 5.57 Å². The van der Waals surface area contributed by atoms with Crippen LogP contribution in [0.3, 0.4) is 0 Å². The van der Waals surface area contributed by atoms with Crippen molar-refractivity contribution in [2.45, 2.75) is 25.4 Å². The van der Waals surface area contributed by atoms with Crippen molar-refractivity contribution < 1.29 is 9.53 Å². The number of carbonyl (C=O) groups is 1. The highest BCUT2D eigenvalue weighted by Gasteiger charge is 2.37. The third-order valence-electron chi connectivity index (χ3n) is 2.57. The Morgan fingerprint density at radius 2 is 2.46 bits per heavy atom. The van der Waals surface area contributed by atoms with E-state index in [0.717, 1.165) is 24.8 Å². The maximum atomic E-state index is 11.3. The number of halogens is 1. The number of allylic oxidation sites excluding steroid dienone is 1. The first-order valence-electron chi connectivity index (χ1n) is 4.51. The van der Waals surface area contributed by atoms with Crippen LogP contribution in [0.25, 0.3) is 0 Å². The molecule has 0 amide bonds. The molecule has 1 saturated heterocycles. The van der Waals surface area contributed by atoms with Gasteiger partial charge in [0.15, 0.2) is 0 Å². The van der Waals surface area contributed by atoms with E-state index in [-0.39, 0.29) is 18.0 Å². The van der Waals surface area contributed by atoms with Crippen molar-refractivity contribution in [3.63, 3.8) is 0 Å². The maximum Gasteiger partial charge on any atom is 0.335 e. The topological polar surface area (TPSA) is 26.3 Å². The van der Waals surface area contributed by atoms with Gasteiger partial charge in [0, 0.05) is 5.92 Å². The first kappa shape index (κ1) is 9.00. The molecule has 13 heavy (non-hydrogen) atoms. The zero-order valence-corrected chi connectivity index (χ0v) is 8.79. The number of hydrogen-bond acceptors (Lipinski definition) is 2. The first-order valence-corrected chi connectivity index (χ1v) is 5.42. The standard InChI is InChI=1S/C10H11BrO2/c11-6-8-7-4-2-1-3-5-9(7)13-10(8)12/h2,4,6-7,9H,1,3,5H2/b8-6-/t7-,9+/m1/s1. The Balaban J connectivity index is 2.28. The second kappa shape index (κ2) is 3.66. The van der Waals surface area contributed by atoms with Gasteiger partial charge in [-0.15, -0.1) is 0 Å². The van der Waals surface area contributed by atoms with Crippen LogP contribution in [0.5, 0.6) is 0 Å². The summed E-state index contributed by atoms with van der Waals surface area (Å²) in [6.07, 6.45) is 7.50. The van der Waals surface area contributed by atoms with E-state index in [0.29, 0.717) is 0 Å². The Kier molecular flexibility index (Phi) is 2.54. The molecule has 2 nitrogen and oxygen atoms in total. The van der Waals surface area contributed by atoms with Gasteiger partial charge < -0.3 is 4.74 Å². The van der Waals surface area contributed by atoms with Crippen LogP contribution in [0.1, 0.15) is 19.3 Å². The molecule has 2 atom stereocenters.